The number of hydrogen-bond donors (Lipinski definition) is 8. The third kappa shape index (κ3) is 9.80. The number of hydrogen-bond acceptors (Lipinski definition) is 14. The summed E-state index contributed by atoms with van der Waals surface area (Å²) in [6.45, 7) is 9.84. The molecule has 0 fully saturated rings. The lowest BCUT2D eigenvalue weighted by Gasteiger charge is -2.21. The fourth-order valence-corrected chi connectivity index (χ4v) is 12.7. The van der Waals surface area contributed by atoms with E-state index in [9.17, 15) is 62.9 Å². The number of carboxylic acid groups (broad SMARTS) is 1. The van der Waals surface area contributed by atoms with Gasteiger partial charge in [0.25, 0.3) is 40.3 Å². The number of phenolic OH excluding ortho intramolecular Hbond substituents is 1. The van der Waals surface area contributed by atoms with Crippen LogP contribution in [0.5, 0.6) is 11.5 Å². The summed E-state index contributed by atoms with van der Waals surface area (Å²) in [5.41, 5.74) is 3.00. The largest absolute Gasteiger partial charge is 0.507 e. The lowest BCUT2D eigenvalue weighted by molar-refractivity contribution is 0.0693. The van der Waals surface area contributed by atoms with Crippen LogP contribution in [0, 0.1) is 41.5 Å². The third-order valence-electron chi connectivity index (χ3n) is 12.1. The second-order valence-electron chi connectivity index (χ2n) is 17.1. The van der Waals surface area contributed by atoms with Crippen LogP contribution in [0.4, 0.5) is 28.4 Å². The highest BCUT2D eigenvalue weighted by molar-refractivity contribution is 7.93. The van der Waals surface area contributed by atoms with Gasteiger partial charge in [0, 0.05) is 45.6 Å². The van der Waals surface area contributed by atoms with Gasteiger partial charge in [0.2, 0.25) is 0 Å². The van der Waals surface area contributed by atoms with Crippen LogP contribution < -0.4 is 20.1 Å². The van der Waals surface area contributed by atoms with E-state index >= 15 is 0 Å². The molecule has 73 heavy (non-hydrogen) atoms. The Morgan fingerprint density at radius 3 is 1.75 bits per heavy atom. The van der Waals surface area contributed by atoms with Gasteiger partial charge in [-0.05, 0) is 123 Å². The van der Waals surface area contributed by atoms with Crippen LogP contribution in [-0.4, -0.2) is 64.1 Å². The van der Waals surface area contributed by atoms with Crippen molar-refractivity contribution in [3.63, 3.8) is 0 Å². The zero-order valence-corrected chi connectivity index (χ0v) is 42.6. The van der Waals surface area contributed by atoms with Crippen LogP contribution in [0.3, 0.4) is 0 Å². The lowest BCUT2D eigenvalue weighted by Crippen LogP contribution is -2.17. The van der Waals surface area contributed by atoms with Crippen LogP contribution >= 0.6 is 0 Å². The van der Waals surface area contributed by atoms with Gasteiger partial charge < -0.3 is 25.1 Å². The van der Waals surface area contributed by atoms with Crippen LogP contribution in [0.2, 0.25) is 0 Å². The molecule has 0 aromatic heterocycles. The molecule has 8 N–H and O–H groups in total. The van der Waals surface area contributed by atoms with Gasteiger partial charge in [-0.15, -0.1) is 0 Å². The number of aryl methyl sites for hydroxylation is 4. The van der Waals surface area contributed by atoms with Crippen LogP contribution in [0.1, 0.15) is 43.7 Å². The molecule has 1 heterocycles. The summed E-state index contributed by atoms with van der Waals surface area (Å²) in [5.74, 6) is -3.15. The number of sulfonamides is 2. The number of carbonyl (C=O) groups is 1. The molecule has 0 saturated heterocycles. The summed E-state index contributed by atoms with van der Waals surface area (Å²) in [6.07, 6.45) is 0. The molecule has 0 amide bonds. The van der Waals surface area contributed by atoms with Crippen molar-refractivity contribution in [2.45, 2.75) is 61.1 Å². The zero-order valence-electron chi connectivity index (χ0n) is 39.3. The van der Waals surface area contributed by atoms with Gasteiger partial charge in [-0.2, -0.15) is 16.8 Å². The van der Waals surface area contributed by atoms with E-state index in [1.807, 2.05) is 0 Å². The van der Waals surface area contributed by atoms with Crippen molar-refractivity contribution >= 4 is 85.7 Å². The third-order valence-corrected chi connectivity index (χ3v) is 16.6. The molecule has 378 valence electrons. The van der Waals surface area contributed by atoms with Crippen LogP contribution in [0.25, 0.3) is 33.4 Å². The Bertz CT molecular complexity index is 4170. The number of nitrogens with one attached hydrogen (secondary N) is 3. The molecular weight excluding hydrogens is 1020 g/mol. The Balaban J connectivity index is 1.34. The number of carboxylic acids is 1. The number of phenols is 2. The van der Waals surface area contributed by atoms with Crippen molar-refractivity contribution in [2.24, 2.45) is 4.99 Å². The maximum Gasteiger partial charge on any atom is 0.339 e. The molecule has 6 aromatic rings. The molecule has 23 heteroatoms. The summed E-state index contributed by atoms with van der Waals surface area (Å²) in [7, 11) is -19.1. The first-order valence-corrected chi connectivity index (χ1v) is 27.4. The maximum absolute atomic E-state index is 13.7. The maximum atomic E-state index is 13.7. The fourth-order valence-electron chi connectivity index (χ4n) is 8.74. The minimum absolute atomic E-state index is 0.0198. The molecule has 0 saturated carbocycles. The predicted octanol–water partition coefficient (Wildman–Crippen LogP) is 9.24. The van der Waals surface area contributed by atoms with Crippen molar-refractivity contribution < 1.29 is 67.3 Å². The Morgan fingerprint density at radius 2 is 1.12 bits per heavy atom. The molecule has 0 atom stereocenters. The lowest BCUT2D eigenvalue weighted by atomic mass is 9.93. The van der Waals surface area contributed by atoms with E-state index in [2.05, 4.69) is 19.8 Å². The normalized spacial score (nSPS) is 12.6. The number of benzene rings is 7. The van der Waals surface area contributed by atoms with Crippen molar-refractivity contribution in [3.05, 3.63) is 153 Å². The number of aromatic hydroxyl groups is 2. The first-order valence-electron chi connectivity index (χ1n) is 21.6. The quantitative estimate of drug-likeness (QED) is 0.0394. The Hall–Kier alpha value is -7.80. The Labute approximate surface area is 419 Å². The number of aromatic carboxylic acids is 1. The molecule has 1 aliphatic heterocycles. The van der Waals surface area contributed by atoms with Gasteiger partial charge in [-0.1, -0.05) is 48.5 Å². The highest BCUT2D eigenvalue weighted by atomic mass is 32.2. The van der Waals surface area contributed by atoms with Gasteiger partial charge in [-0.3, -0.25) is 18.5 Å². The van der Waals surface area contributed by atoms with Crippen molar-refractivity contribution in [2.75, 3.05) is 14.8 Å². The molecular formula is C50H44N4O15S4. The molecule has 8 rings (SSSR count). The SMILES string of the molecule is Cc1cc(C)c(NS(=O)(=O)c2cccc(C(=O)O)c2O)c(C)c1N=c1cc2oc3cc(Nc4c(C)cc(C)c(NS(=O)(=O)c5ccccc5O)c4C)ccc3c(-c3ccccc3S(=O)(=O)O)c-2cc1S(=O)(=O)O. The molecule has 0 bridgehead atoms. The van der Waals surface area contributed by atoms with E-state index in [1.165, 1.54) is 61.5 Å². The topological polar surface area (TPSA) is 316 Å². The summed E-state index contributed by atoms with van der Waals surface area (Å²) < 4.78 is 140. The van der Waals surface area contributed by atoms with E-state index < -0.39 is 83.4 Å². The van der Waals surface area contributed by atoms with Gasteiger partial charge in [0.05, 0.1) is 22.4 Å². The first kappa shape index (κ1) is 51.6. The molecule has 6 aromatic carbocycles. The molecule has 2 aliphatic rings. The van der Waals surface area contributed by atoms with Crippen molar-refractivity contribution in [3.8, 4) is 33.9 Å². The number of para-hydroxylation sites is 2. The average molecular weight is 1070 g/mol. The monoisotopic (exact) mass is 1070 g/mol. The number of fused-ring (bicyclic) bond motifs is 2. The zero-order chi connectivity index (χ0) is 53.3. The first-order chi connectivity index (χ1) is 34.1. The minimum Gasteiger partial charge on any atom is -0.507 e. The van der Waals surface area contributed by atoms with E-state index in [1.54, 1.807) is 58.9 Å². The highest BCUT2D eigenvalue weighted by Gasteiger charge is 2.29. The van der Waals surface area contributed by atoms with E-state index in [-0.39, 0.29) is 60.9 Å². The van der Waals surface area contributed by atoms with Crippen LogP contribution in [0.15, 0.2) is 138 Å². The number of anilines is 4. The van der Waals surface area contributed by atoms with E-state index in [0.717, 1.165) is 30.3 Å². The fraction of sp³-hybridized carbons (Fsp3) is 0.120. The second-order valence-corrected chi connectivity index (χ2v) is 23.1. The van der Waals surface area contributed by atoms with Gasteiger partial charge in [0.15, 0.2) is 5.75 Å². The molecule has 1 aliphatic carbocycles. The molecule has 0 radical (unpaired) electrons. The van der Waals surface area contributed by atoms with Crippen molar-refractivity contribution in [1.29, 1.82) is 0 Å². The van der Waals surface area contributed by atoms with E-state index in [0.29, 0.717) is 39.2 Å². The van der Waals surface area contributed by atoms with Gasteiger partial charge in [0.1, 0.15) is 42.2 Å². The summed E-state index contributed by atoms with van der Waals surface area (Å²) in [5, 5.41) is 33.6. The smallest absolute Gasteiger partial charge is 0.339 e. The second kappa shape index (κ2) is 18.7. The molecule has 19 nitrogen and oxygen atoms in total. The standard InChI is InChI=1S/C50H44N4O15S4/c1-25-20-27(3)47(53-70(59,60)41-16-10-8-14-37(41)55)29(5)45(25)51-31-18-19-32-38(22-31)69-39-24-36(43(73(66,67)68)23-35(39)44(32)33-12-7-9-15-40(33)72(63,64)65)52-46-26(2)21-28(4)48(30(46)6)54-71(61,62)42-17-11-13-34(49(42)56)50(57)58/h7-24,51,53-56H,1-6H3,(H,57,58)(H,63,64,65)(H,66,67,68). The van der Waals surface area contributed by atoms with Crippen molar-refractivity contribution in [1.82, 2.24) is 0 Å². The Kier molecular flexibility index (Phi) is 13.2. The minimum atomic E-state index is -5.20. The summed E-state index contributed by atoms with van der Waals surface area (Å²) >= 11 is 0. The van der Waals surface area contributed by atoms with E-state index in [4.69, 9.17) is 4.42 Å². The average Bonchev–Trinajstić information content (AvgIpc) is 3.30. The summed E-state index contributed by atoms with van der Waals surface area (Å²) in [4.78, 5) is 13.9. The summed E-state index contributed by atoms with van der Waals surface area (Å²) in [6, 6.07) is 24.2. The highest BCUT2D eigenvalue weighted by Crippen LogP contribution is 2.45. The van der Waals surface area contributed by atoms with Gasteiger partial charge >= 0.3 is 5.97 Å². The molecule has 0 spiro atoms. The van der Waals surface area contributed by atoms with Crippen LogP contribution in [-0.2, 0) is 40.3 Å². The number of rotatable bonds is 13. The predicted molar refractivity (Wildman–Crippen MR) is 273 cm³/mol. The molecule has 0 unspecified atom stereocenters. The number of nitrogens with zero attached hydrogens (tertiary/aromatic N) is 1. The Morgan fingerprint density at radius 1 is 0.562 bits per heavy atom. The van der Waals surface area contributed by atoms with Gasteiger partial charge in [-0.25, -0.2) is 26.6 Å².